The minimum atomic E-state index is -1.35. The van der Waals surface area contributed by atoms with Crippen LogP contribution in [0.1, 0.15) is 0 Å². The second kappa shape index (κ2) is 7.03. The van der Waals surface area contributed by atoms with E-state index in [4.69, 9.17) is 5.11 Å². The van der Waals surface area contributed by atoms with Gasteiger partial charge in [0.05, 0.1) is 46.4 Å². The molecule has 0 saturated carbocycles. The van der Waals surface area contributed by atoms with Crippen LogP contribution in [0.2, 0.25) is 0 Å². The van der Waals surface area contributed by atoms with E-state index >= 15 is 0 Å². The summed E-state index contributed by atoms with van der Waals surface area (Å²) >= 11 is 1.79. The van der Waals surface area contributed by atoms with Crippen molar-refractivity contribution in [3.8, 4) is 0 Å². The lowest BCUT2D eigenvalue weighted by Gasteiger charge is -2.46. The zero-order chi connectivity index (χ0) is 17.4. The van der Waals surface area contributed by atoms with Gasteiger partial charge in [-0.15, -0.1) is 11.8 Å². The summed E-state index contributed by atoms with van der Waals surface area (Å²) < 4.78 is 0. The van der Waals surface area contributed by atoms with Crippen LogP contribution in [-0.4, -0.2) is 72.2 Å². The predicted octanol–water partition coefficient (Wildman–Crippen LogP) is -0.186. The van der Waals surface area contributed by atoms with Gasteiger partial charge in [-0.05, 0) is 12.1 Å². The van der Waals surface area contributed by atoms with Crippen molar-refractivity contribution in [3.05, 3.63) is 30.3 Å². The Morgan fingerprint density at radius 1 is 1.12 bits per heavy atom. The lowest BCUT2D eigenvalue weighted by atomic mass is 9.99. The van der Waals surface area contributed by atoms with Gasteiger partial charge in [0.1, 0.15) is 0 Å². The zero-order valence-corrected chi connectivity index (χ0v) is 14.1. The SMILES string of the molecule is O=C1SC2C(SC([C@@H](O)CO)[C@H](O)[C@H]2O)C(=O)N1c1ccccc1. The quantitative estimate of drug-likeness (QED) is 0.578. The predicted molar refractivity (Wildman–Crippen MR) is 91.0 cm³/mol. The van der Waals surface area contributed by atoms with Crippen LogP contribution in [0.3, 0.4) is 0 Å². The highest BCUT2D eigenvalue weighted by Gasteiger charge is 2.54. The molecule has 4 N–H and O–H groups in total. The first-order valence-corrected chi connectivity index (χ1v) is 9.18. The molecule has 2 heterocycles. The average Bonchev–Trinajstić information content (AvgIpc) is 2.59. The van der Waals surface area contributed by atoms with Crippen LogP contribution in [0, 0.1) is 0 Å². The molecular formula is C15H17NO6S2. The van der Waals surface area contributed by atoms with Gasteiger partial charge in [0.2, 0.25) is 5.91 Å². The van der Waals surface area contributed by atoms with E-state index in [0.717, 1.165) is 28.4 Å². The van der Waals surface area contributed by atoms with Crippen LogP contribution in [0.4, 0.5) is 10.5 Å². The number of benzene rings is 1. The van der Waals surface area contributed by atoms with Crippen LogP contribution in [-0.2, 0) is 4.79 Å². The summed E-state index contributed by atoms with van der Waals surface area (Å²) in [5.41, 5.74) is 0.430. The van der Waals surface area contributed by atoms with E-state index in [1.54, 1.807) is 30.3 Å². The van der Waals surface area contributed by atoms with Gasteiger partial charge in [-0.25, -0.2) is 4.90 Å². The van der Waals surface area contributed by atoms with Crippen molar-refractivity contribution in [3.63, 3.8) is 0 Å². The first kappa shape index (κ1) is 17.7. The van der Waals surface area contributed by atoms with Gasteiger partial charge in [0.25, 0.3) is 5.24 Å². The lowest BCUT2D eigenvalue weighted by molar-refractivity contribution is -0.118. The number of anilines is 1. The first-order valence-electron chi connectivity index (χ1n) is 7.36. The Morgan fingerprint density at radius 2 is 1.79 bits per heavy atom. The fourth-order valence-electron chi connectivity index (χ4n) is 2.84. The second-order valence-electron chi connectivity index (χ2n) is 5.61. The molecule has 0 spiro atoms. The third kappa shape index (κ3) is 2.96. The summed E-state index contributed by atoms with van der Waals surface area (Å²) in [6, 6.07) is 8.45. The number of thioether (sulfide) groups is 2. The highest BCUT2D eigenvalue weighted by atomic mass is 32.2. The van der Waals surface area contributed by atoms with E-state index in [0.29, 0.717) is 5.69 Å². The van der Waals surface area contributed by atoms with E-state index in [-0.39, 0.29) is 0 Å². The van der Waals surface area contributed by atoms with Crippen molar-refractivity contribution in [2.24, 2.45) is 0 Å². The molecule has 2 aliphatic rings. The number of fused-ring (bicyclic) bond motifs is 1. The molecule has 6 atom stereocenters. The minimum Gasteiger partial charge on any atom is -0.394 e. The van der Waals surface area contributed by atoms with Crippen molar-refractivity contribution in [1.82, 2.24) is 0 Å². The van der Waals surface area contributed by atoms with Crippen LogP contribution < -0.4 is 4.90 Å². The van der Waals surface area contributed by atoms with Gasteiger partial charge in [0, 0.05) is 0 Å². The Morgan fingerprint density at radius 3 is 2.42 bits per heavy atom. The van der Waals surface area contributed by atoms with Crippen molar-refractivity contribution >= 4 is 40.4 Å². The maximum absolute atomic E-state index is 12.8. The maximum atomic E-state index is 12.8. The first-order chi connectivity index (χ1) is 11.5. The number of amides is 2. The minimum absolute atomic E-state index is 0.430. The number of nitrogens with zero attached hydrogens (tertiary/aromatic N) is 1. The molecular weight excluding hydrogens is 354 g/mol. The molecule has 7 nitrogen and oxygen atoms in total. The van der Waals surface area contributed by atoms with E-state index in [1.807, 2.05) is 0 Å². The largest absolute Gasteiger partial charge is 0.394 e. The summed E-state index contributed by atoms with van der Waals surface area (Å²) in [6.07, 6.45) is -3.96. The molecule has 130 valence electrons. The monoisotopic (exact) mass is 371 g/mol. The number of carbonyl (C=O) groups is 2. The number of para-hydroxylation sites is 1. The van der Waals surface area contributed by atoms with Crippen molar-refractivity contribution in [2.45, 2.75) is 34.1 Å². The Hall–Kier alpha value is -1.10. The average molecular weight is 371 g/mol. The molecule has 3 unspecified atom stereocenters. The van der Waals surface area contributed by atoms with Gasteiger partial charge in [-0.3, -0.25) is 9.59 Å². The maximum Gasteiger partial charge on any atom is 0.293 e. The van der Waals surface area contributed by atoms with Crippen molar-refractivity contribution in [2.75, 3.05) is 11.5 Å². The number of hydrogen-bond acceptors (Lipinski definition) is 8. The Bertz CT molecular complexity index is 630. The van der Waals surface area contributed by atoms with Gasteiger partial charge < -0.3 is 20.4 Å². The highest BCUT2D eigenvalue weighted by Crippen LogP contribution is 2.45. The Labute approximate surface area is 146 Å². The topological polar surface area (TPSA) is 118 Å². The van der Waals surface area contributed by atoms with E-state index in [1.165, 1.54) is 0 Å². The second-order valence-corrected chi connectivity index (χ2v) is 8.06. The molecule has 2 aliphatic heterocycles. The Kier molecular flexibility index (Phi) is 5.19. The van der Waals surface area contributed by atoms with Crippen LogP contribution in [0.15, 0.2) is 30.3 Å². The fourth-order valence-corrected chi connectivity index (χ4v) is 5.74. The zero-order valence-electron chi connectivity index (χ0n) is 12.4. The van der Waals surface area contributed by atoms with E-state index in [9.17, 15) is 24.9 Å². The molecule has 2 saturated heterocycles. The molecule has 2 amide bonds. The molecule has 1 aromatic carbocycles. The molecule has 1 aromatic rings. The summed E-state index contributed by atoms with van der Waals surface area (Å²) in [6.45, 7) is -0.596. The molecule has 2 fully saturated rings. The van der Waals surface area contributed by atoms with Crippen LogP contribution in [0.5, 0.6) is 0 Å². The smallest absolute Gasteiger partial charge is 0.293 e. The van der Waals surface area contributed by atoms with Crippen LogP contribution >= 0.6 is 23.5 Å². The summed E-state index contributed by atoms with van der Waals surface area (Å²) in [5, 5.41) is 36.3. The number of aliphatic hydroxyl groups is 4. The third-order valence-electron chi connectivity index (χ3n) is 4.09. The standard InChI is InChI=1S/C15H17NO6S2/c17-6-8(18)11-9(19)10(20)12-13(23-11)14(21)16(15(22)24-12)7-4-2-1-3-5-7/h1-5,8-13,17-20H,6H2/t8-,9+,10+,11?,12?,13?/m0/s1. The highest BCUT2D eigenvalue weighted by molar-refractivity contribution is 8.16. The molecule has 0 aromatic heterocycles. The molecule has 24 heavy (non-hydrogen) atoms. The lowest BCUT2D eigenvalue weighted by Crippen LogP contribution is -2.62. The number of carbonyl (C=O) groups excluding carboxylic acids is 2. The van der Waals surface area contributed by atoms with E-state index in [2.05, 4.69) is 0 Å². The summed E-state index contributed by atoms with van der Waals surface area (Å²) in [4.78, 5) is 26.2. The van der Waals surface area contributed by atoms with E-state index < -0.39 is 51.8 Å². The van der Waals surface area contributed by atoms with Gasteiger partial charge in [-0.2, -0.15) is 0 Å². The van der Waals surface area contributed by atoms with Gasteiger partial charge >= 0.3 is 0 Å². The summed E-state index contributed by atoms with van der Waals surface area (Å²) in [7, 11) is 0. The molecule has 3 rings (SSSR count). The van der Waals surface area contributed by atoms with Crippen LogP contribution in [0.25, 0.3) is 0 Å². The number of rotatable bonds is 3. The molecule has 0 radical (unpaired) electrons. The fraction of sp³-hybridized carbons (Fsp3) is 0.467. The number of aliphatic hydroxyl groups excluding tert-OH is 4. The van der Waals surface area contributed by atoms with Gasteiger partial charge in [0.15, 0.2) is 0 Å². The number of imide groups is 1. The van der Waals surface area contributed by atoms with Crippen molar-refractivity contribution in [1.29, 1.82) is 0 Å². The number of hydrogen-bond donors (Lipinski definition) is 4. The normalized spacial score (nSPS) is 34.8. The summed E-state index contributed by atoms with van der Waals surface area (Å²) in [5.74, 6) is -0.499. The molecule has 0 bridgehead atoms. The van der Waals surface area contributed by atoms with Gasteiger partial charge in [-0.1, -0.05) is 30.0 Å². The Balaban J connectivity index is 1.91. The van der Waals surface area contributed by atoms with Crippen molar-refractivity contribution < 1.29 is 30.0 Å². The molecule has 0 aliphatic carbocycles. The third-order valence-corrected chi connectivity index (χ3v) is 7.16. The molecule has 9 heteroatoms.